The molecule has 0 aromatic heterocycles. The summed E-state index contributed by atoms with van der Waals surface area (Å²) in [5, 5.41) is 0. The molecule has 2 unspecified atom stereocenters. The molecule has 0 bridgehead atoms. The first kappa shape index (κ1) is 14.5. The minimum absolute atomic E-state index is 0.119. The summed E-state index contributed by atoms with van der Waals surface area (Å²) in [6.45, 7) is 0.575. The Bertz CT molecular complexity index is 481. The molecule has 1 aromatic rings. The predicted molar refractivity (Wildman–Crippen MR) is 76.4 cm³/mol. The van der Waals surface area contributed by atoms with Crippen molar-refractivity contribution in [3.63, 3.8) is 0 Å². The molecule has 0 radical (unpaired) electrons. The molecule has 0 heterocycles. The summed E-state index contributed by atoms with van der Waals surface area (Å²) in [5.74, 6) is -0.434. The molecule has 1 aliphatic rings. The summed E-state index contributed by atoms with van der Waals surface area (Å²) >= 11 is 3.19. The van der Waals surface area contributed by atoms with E-state index in [0.29, 0.717) is 16.9 Å². The maximum Gasteiger partial charge on any atom is 0.256 e. The Labute approximate surface area is 121 Å². The van der Waals surface area contributed by atoms with Gasteiger partial charge in [0.2, 0.25) is 0 Å². The second-order valence-electron chi connectivity index (χ2n) is 5.03. The zero-order valence-corrected chi connectivity index (χ0v) is 12.5. The molecule has 1 aromatic carbocycles. The van der Waals surface area contributed by atoms with Gasteiger partial charge in [0.15, 0.2) is 0 Å². The van der Waals surface area contributed by atoms with E-state index < -0.39 is 5.82 Å². The van der Waals surface area contributed by atoms with Crippen LogP contribution in [0.2, 0.25) is 0 Å². The summed E-state index contributed by atoms with van der Waals surface area (Å²) in [6.07, 6.45) is 3.07. The van der Waals surface area contributed by atoms with Crippen LogP contribution in [0.4, 0.5) is 4.39 Å². The third-order valence-corrected chi connectivity index (χ3v) is 4.39. The van der Waals surface area contributed by atoms with Crippen LogP contribution in [-0.4, -0.2) is 30.4 Å². The maximum atomic E-state index is 13.8. The first-order valence-corrected chi connectivity index (χ1v) is 7.26. The Morgan fingerprint density at radius 2 is 2.26 bits per heavy atom. The SMILES string of the molecule is CN(C(=O)c1ccc(Br)cc1F)C1CCCC1CN. The van der Waals surface area contributed by atoms with Crippen molar-refractivity contribution in [3.8, 4) is 0 Å². The number of carbonyl (C=O) groups is 1. The van der Waals surface area contributed by atoms with E-state index in [-0.39, 0.29) is 17.5 Å². The maximum absolute atomic E-state index is 13.8. The summed E-state index contributed by atoms with van der Waals surface area (Å²) < 4.78 is 14.5. The molecule has 2 atom stereocenters. The number of rotatable bonds is 3. The second-order valence-corrected chi connectivity index (χ2v) is 5.95. The highest BCUT2D eigenvalue weighted by atomic mass is 79.9. The molecule has 1 fully saturated rings. The van der Waals surface area contributed by atoms with E-state index in [0.717, 1.165) is 19.3 Å². The summed E-state index contributed by atoms with van der Waals surface area (Å²) in [5.41, 5.74) is 5.85. The predicted octanol–water partition coefficient (Wildman–Crippen LogP) is 2.79. The lowest BCUT2D eigenvalue weighted by Crippen LogP contribution is -2.41. The van der Waals surface area contributed by atoms with Crippen molar-refractivity contribution in [1.29, 1.82) is 0 Å². The van der Waals surface area contributed by atoms with Gasteiger partial charge in [-0.3, -0.25) is 4.79 Å². The summed E-state index contributed by atoms with van der Waals surface area (Å²) in [4.78, 5) is 14.0. The van der Waals surface area contributed by atoms with Crippen molar-refractivity contribution in [1.82, 2.24) is 4.90 Å². The fraction of sp³-hybridized carbons (Fsp3) is 0.500. The van der Waals surface area contributed by atoms with Gasteiger partial charge in [0, 0.05) is 17.6 Å². The highest BCUT2D eigenvalue weighted by molar-refractivity contribution is 9.10. The van der Waals surface area contributed by atoms with Crippen LogP contribution >= 0.6 is 15.9 Å². The van der Waals surface area contributed by atoms with Gasteiger partial charge in [0.25, 0.3) is 5.91 Å². The van der Waals surface area contributed by atoms with E-state index >= 15 is 0 Å². The number of hydrogen-bond donors (Lipinski definition) is 1. The molecule has 1 saturated carbocycles. The van der Waals surface area contributed by atoms with Crippen LogP contribution in [-0.2, 0) is 0 Å². The van der Waals surface area contributed by atoms with Crippen LogP contribution in [0.15, 0.2) is 22.7 Å². The number of amides is 1. The quantitative estimate of drug-likeness (QED) is 0.927. The van der Waals surface area contributed by atoms with Gasteiger partial charge >= 0.3 is 0 Å². The van der Waals surface area contributed by atoms with E-state index in [1.165, 1.54) is 12.1 Å². The second kappa shape index (κ2) is 6.01. The first-order chi connectivity index (χ1) is 9.04. The summed E-state index contributed by atoms with van der Waals surface area (Å²) in [7, 11) is 1.74. The molecule has 0 aliphatic heterocycles. The van der Waals surface area contributed by atoms with Crippen molar-refractivity contribution >= 4 is 21.8 Å². The summed E-state index contributed by atoms with van der Waals surface area (Å²) in [6, 6.07) is 4.64. The normalized spacial score (nSPS) is 22.5. The minimum Gasteiger partial charge on any atom is -0.338 e. The van der Waals surface area contributed by atoms with Gasteiger partial charge in [-0.25, -0.2) is 4.39 Å². The minimum atomic E-state index is -0.492. The van der Waals surface area contributed by atoms with Gasteiger partial charge in [0.1, 0.15) is 5.82 Å². The van der Waals surface area contributed by atoms with Gasteiger partial charge < -0.3 is 10.6 Å². The van der Waals surface area contributed by atoms with Crippen molar-refractivity contribution in [2.45, 2.75) is 25.3 Å². The lowest BCUT2D eigenvalue weighted by Gasteiger charge is -2.29. The largest absolute Gasteiger partial charge is 0.338 e. The van der Waals surface area contributed by atoms with Gasteiger partial charge in [0.05, 0.1) is 5.56 Å². The van der Waals surface area contributed by atoms with Crippen LogP contribution in [0.3, 0.4) is 0 Å². The van der Waals surface area contributed by atoms with Crippen molar-refractivity contribution in [2.75, 3.05) is 13.6 Å². The van der Waals surface area contributed by atoms with Crippen molar-refractivity contribution in [3.05, 3.63) is 34.1 Å². The van der Waals surface area contributed by atoms with E-state index in [9.17, 15) is 9.18 Å². The molecule has 0 saturated heterocycles. The average Bonchev–Trinajstić information content (AvgIpc) is 2.85. The Balaban J connectivity index is 2.19. The van der Waals surface area contributed by atoms with Gasteiger partial charge in [-0.1, -0.05) is 22.4 Å². The molecule has 1 amide bonds. The topological polar surface area (TPSA) is 46.3 Å². The van der Waals surface area contributed by atoms with E-state index in [1.54, 1.807) is 18.0 Å². The standard InChI is InChI=1S/C14H18BrFN2O/c1-18(13-4-2-3-9(13)8-17)14(19)11-6-5-10(15)7-12(11)16/h5-7,9,13H,2-4,8,17H2,1H3. The smallest absolute Gasteiger partial charge is 0.256 e. The molecule has 19 heavy (non-hydrogen) atoms. The number of halogens is 2. The van der Waals surface area contributed by atoms with E-state index in [4.69, 9.17) is 5.73 Å². The van der Waals surface area contributed by atoms with E-state index in [1.807, 2.05) is 0 Å². The van der Waals surface area contributed by atoms with Crippen LogP contribution in [0.5, 0.6) is 0 Å². The number of carbonyl (C=O) groups excluding carboxylic acids is 1. The zero-order valence-electron chi connectivity index (χ0n) is 10.9. The highest BCUT2D eigenvalue weighted by Crippen LogP contribution is 2.29. The van der Waals surface area contributed by atoms with Crippen LogP contribution in [0.1, 0.15) is 29.6 Å². The average molecular weight is 329 g/mol. The molecular formula is C14H18BrFN2O. The number of nitrogens with zero attached hydrogens (tertiary/aromatic N) is 1. The molecular weight excluding hydrogens is 311 g/mol. The van der Waals surface area contributed by atoms with Crippen molar-refractivity contribution < 1.29 is 9.18 Å². The molecule has 3 nitrogen and oxygen atoms in total. The monoisotopic (exact) mass is 328 g/mol. The van der Waals surface area contributed by atoms with Crippen LogP contribution in [0, 0.1) is 11.7 Å². The van der Waals surface area contributed by atoms with Crippen molar-refractivity contribution in [2.24, 2.45) is 11.7 Å². The molecule has 5 heteroatoms. The van der Waals surface area contributed by atoms with Gasteiger partial charge in [-0.05, 0) is 43.5 Å². The number of benzene rings is 1. The Hall–Kier alpha value is -0.940. The van der Waals surface area contributed by atoms with Crippen LogP contribution < -0.4 is 5.73 Å². The molecule has 0 spiro atoms. The lowest BCUT2D eigenvalue weighted by atomic mass is 10.0. The lowest BCUT2D eigenvalue weighted by molar-refractivity contribution is 0.0695. The Morgan fingerprint density at radius 3 is 2.89 bits per heavy atom. The van der Waals surface area contributed by atoms with Crippen LogP contribution in [0.25, 0.3) is 0 Å². The highest BCUT2D eigenvalue weighted by Gasteiger charge is 2.32. The first-order valence-electron chi connectivity index (χ1n) is 6.47. The zero-order chi connectivity index (χ0) is 14.0. The number of hydrogen-bond acceptors (Lipinski definition) is 2. The Kier molecular flexibility index (Phi) is 4.58. The number of nitrogens with two attached hydrogens (primary N) is 1. The fourth-order valence-electron chi connectivity index (χ4n) is 2.81. The van der Waals surface area contributed by atoms with E-state index in [2.05, 4.69) is 15.9 Å². The Morgan fingerprint density at radius 1 is 1.53 bits per heavy atom. The molecule has 2 rings (SSSR count). The third-order valence-electron chi connectivity index (χ3n) is 3.90. The molecule has 2 N–H and O–H groups in total. The van der Waals surface area contributed by atoms with Gasteiger partial charge in [-0.2, -0.15) is 0 Å². The third kappa shape index (κ3) is 2.98. The molecule has 104 valence electrons. The van der Waals surface area contributed by atoms with Gasteiger partial charge in [-0.15, -0.1) is 0 Å². The molecule has 1 aliphatic carbocycles. The fourth-order valence-corrected chi connectivity index (χ4v) is 3.14.